The van der Waals surface area contributed by atoms with Crippen molar-refractivity contribution >= 4 is 0 Å². The number of H-pyrrole nitrogens is 1. The Kier molecular flexibility index (Phi) is 6.16. The molecule has 0 aliphatic heterocycles. The molecule has 3 rings (SSSR count). The van der Waals surface area contributed by atoms with Gasteiger partial charge in [-0.2, -0.15) is 5.10 Å². The lowest BCUT2D eigenvalue weighted by Crippen LogP contribution is -2.21. The fourth-order valence-electron chi connectivity index (χ4n) is 3.09. The van der Waals surface area contributed by atoms with E-state index in [1.807, 2.05) is 68.6 Å². The maximum absolute atomic E-state index is 12.0. The van der Waals surface area contributed by atoms with Gasteiger partial charge < -0.3 is 10.0 Å². The predicted molar refractivity (Wildman–Crippen MR) is 107 cm³/mol. The molecule has 3 aromatic rings. The summed E-state index contributed by atoms with van der Waals surface area (Å²) in [6.07, 6.45) is 0.238. The van der Waals surface area contributed by atoms with E-state index in [-0.39, 0.29) is 5.56 Å². The van der Waals surface area contributed by atoms with Crippen LogP contribution in [0.2, 0.25) is 0 Å². The van der Waals surface area contributed by atoms with Gasteiger partial charge in [-0.25, -0.2) is 5.10 Å². The molecule has 2 aromatic carbocycles. The van der Waals surface area contributed by atoms with E-state index in [1.54, 1.807) is 6.07 Å². The molecule has 0 aliphatic carbocycles. The Balaban J connectivity index is 1.58. The van der Waals surface area contributed by atoms with Crippen LogP contribution in [0.1, 0.15) is 29.3 Å². The van der Waals surface area contributed by atoms with E-state index in [0.717, 1.165) is 35.5 Å². The van der Waals surface area contributed by atoms with Crippen molar-refractivity contribution in [3.63, 3.8) is 0 Å². The van der Waals surface area contributed by atoms with Crippen molar-refractivity contribution in [2.45, 2.75) is 26.0 Å². The monoisotopic (exact) mass is 363 g/mol. The normalized spacial score (nSPS) is 12.3. The summed E-state index contributed by atoms with van der Waals surface area (Å²) in [5.74, 6) is 0. The fourth-order valence-corrected chi connectivity index (χ4v) is 3.09. The third kappa shape index (κ3) is 5.12. The van der Waals surface area contributed by atoms with Gasteiger partial charge in [-0.15, -0.1) is 0 Å². The summed E-state index contributed by atoms with van der Waals surface area (Å²) in [5, 5.41) is 16.7. The van der Waals surface area contributed by atoms with Crippen LogP contribution in [0, 0.1) is 6.92 Å². The molecular formula is C22H25N3O2. The Labute approximate surface area is 159 Å². The van der Waals surface area contributed by atoms with Gasteiger partial charge in [-0.3, -0.25) is 4.79 Å². The Bertz CT molecular complexity index is 920. The van der Waals surface area contributed by atoms with Gasteiger partial charge in [0.1, 0.15) is 0 Å². The number of aromatic amines is 1. The number of aryl methyl sites for hydroxylation is 1. The lowest BCUT2D eigenvalue weighted by Gasteiger charge is -2.19. The molecule has 0 aliphatic rings. The summed E-state index contributed by atoms with van der Waals surface area (Å²) in [5.41, 5.74) is 4.23. The first kappa shape index (κ1) is 19.0. The van der Waals surface area contributed by atoms with E-state index in [9.17, 15) is 9.90 Å². The molecule has 0 bridgehead atoms. The molecule has 1 atom stereocenters. The zero-order valence-electron chi connectivity index (χ0n) is 15.7. The number of aromatic nitrogens is 2. The predicted octanol–water partition coefficient (Wildman–Crippen LogP) is 3.30. The van der Waals surface area contributed by atoms with Gasteiger partial charge in [0.25, 0.3) is 5.56 Å². The first-order chi connectivity index (χ1) is 13.0. The number of rotatable bonds is 7. The second kappa shape index (κ2) is 8.75. The van der Waals surface area contributed by atoms with Gasteiger partial charge in [0.05, 0.1) is 17.4 Å². The highest BCUT2D eigenvalue weighted by atomic mass is 16.3. The zero-order chi connectivity index (χ0) is 19.2. The first-order valence-corrected chi connectivity index (χ1v) is 9.10. The molecule has 1 unspecified atom stereocenters. The molecule has 27 heavy (non-hydrogen) atoms. The van der Waals surface area contributed by atoms with Gasteiger partial charge in [-0.05, 0) is 43.1 Å². The third-order valence-corrected chi connectivity index (χ3v) is 4.62. The Morgan fingerprint density at radius 3 is 2.52 bits per heavy atom. The van der Waals surface area contributed by atoms with Crippen LogP contribution in [0.25, 0.3) is 11.1 Å². The average Bonchev–Trinajstić information content (AvgIpc) is 2.69. The van der Waals surface area contributed by atoms with E-state index >= 15 is 0 Å². The molecule has 0 spiro atoms. The van der Waals surface area contributed by atoms with E-state index in [2.05, 4.69) is 15.1 Å². The number of hydrogen-bond donors (Lipinski definition) is 2. The molecule has 0 saturated carbocycles. The quantitative estimate of drug-likeness (QED) is 0.676. The summed E-state index contributed by atoms with van der Waals surface area (Å²) in [6.45, 7) is 3.43. The zero-order valence-corrected chi connectivity index (χ0v) is 15.7. The number of hydrogen-bond acceptors (Lipinski definition) is 4. The maximum atomic E-state index is 12.0. The number of aliphatic hydroxyl groups is 1. The SMILES string of the molecule is Cc1cc(-c2ccc(CN(C)CCC(O)c3ccccc3)cc2)c(=O)[nH]n1. The fraction of sp³-hybridized carbons (Fsp3) is 0.273. The topological polar surface area (TPSA) is 69.2 Å². The molecule has 140 valence electrons. The third-order valence-electron chi connectivity index (χ3n) is 4.62. The second-order valence-electron chi connectivity index (χ2n) is 6.90. The van der Waals surface area contributed by atoms with Crippen LogP contribution in [0.4, 0.5) is 0 Å². The highest BCUT2D eigenvalue weighted by molar-refractivity contribution is 5.62. The van der Waals surface area contributed by atoms with Crippen LogP contribution in [0.15, 0.2) is 65.5 Å². The first-order valence-electron chi connectivity index (χ1n) is 9.10. The minimum Gasteiger partial charge on any atom is -0.388 e. The summed E-state index contributed by atoms with van der Waals surface area (Å²) in [4.78, 5) is 14.1. The lowest BCUT2D eigenvalue weighted by molar-refractivity contribution is 0.147. The highest BCUT2D eigenvalue weighted by Crippen LogP contribution is 2.19. The minimum atomic E-state index is -0.447. The van der Waals surface area contributed by atoms with Crippen LogP contribution in [-0.2, 0) is 6.54 Å². The second-order valence-corrected chi connectivity index (χ2v) is 6.90. The van der Waals surface area contributed by atoms with E-state index in [4.69, 9.17) is 0 Å². The standard InChI is InChI=1S/C22H25N3O2/c1-16-14-20(22(27)24-23-16)18-10-8-17(9-11-18)15-25(2)13-12-21(26)19-6-4-3-5-7-19/h3-11,14,21,26H,12-13,15H2,1-2H3,(H,24,27). The van der Waals surface area contributed by atoms with Gasteiger partial charge in [0, 0.05) is 13.1 Å². The van der Waals surface area contributed by atoms with E-state index in [1.165, 1.54) is 0 Å². The van der Waals surface area contributed by atoms with Gasteiger partial charge in [-0.1, -0.05) is 54.6 Å². The van der Waals surface area contributed by atoms with Crippen molar-refractivity contribution in [3.05, 3.63) is 87.8 Å². The van der Waals surface area contributed by atoms with Crippen molar-refractivity contribution in [3.8, 4) is 11.1 Å². The summed E-state index contributed by atoms with van der Waals surface area (Å²) >= 11 is 0. The van der Waals surface area contributed by atoms with Crippen LogP contribution in [0.5, 0.6) is 0 Å². The molecule has 5 nitrogen and oxygen atoms in total. The van der Waals surface area contributed by atoms with Gasteiger partial charge in [0.2, 0.25) is 0 Å². The van der Waals surface area contributed by atoms with E-state index in [0.29, 0.717) is 12.0 Å². The van der Waals surface area contributed by atoms with Crippen molar-refractivity contribution in [1.29, 1.82) is 0 Å². The molecule has 0 amide bonds. The molecule has 1 heterocycles. The Morgan fingerprint density at radius 1 is 1.11 bits per heavy atom. The summed E-state index contributed by atoms with van der Waals surface area (Å²) in [6, 6.07) is 19.5. The average molecular weight is 363 g/mol. The number of nitrogens with zero attached hydrogens (tertiary/aromatic N) is 2. The molecule has 1 aromatic heterocycles. The van der Waals surface area contributed by atoms with E-state index < -0.39 is 6.10 Å². The van der Waals surface area contributed by atoms with Crippen LogP contribution in [0.3, 0.4) is 0 Å². The van der Waals surface area contributed by atoms with Crippen molar-refractivity contribution in [2.24, 2.45) is 0 Å². The van der Waals surface area contributed by atoms with Crippen molar-refractivity contribution in [2.75, 3.05) is 13.6 Å². The number of nitrogens with one attached hydrogen (secondary N) is 1. The lowest BCUT2D eigenvalue weighted by atomic mass is 10.0. The summed E-state index contributed by atoms with van der Waals surface area (Å²) in [7, 11) is 2.04. The van der Waals surface area contributed by atoms with Gasteiger partial charge >= 0.3 is 0 Å². The summed E-state index contributed by atoms with van der Waals surface area (Å²) < 4.78 is 0. The maximum Gasteiger partial charge on any atom is 0.272 e. The molecule has 2 N–H and O–H groups in total. The molecule has 0 fully saturated rings. The molecule has 0 radical (unpaired) electrons. The number of aliphatic hydroxyl groups excluding tert-OH is 1. The Hall–Kier alpha value is -2.76. The van der Waals surface area contributed by atoms with Gasteiger partial charge in [0.15, 0.2) is 0 Å². The molecule has 5 heteroatoms. The Morgan fingerprint density at radius 2 is 1.81 bits per heavy atom. The largest absolute Gasteiger partial charge is 0.388 e. The smallest absolute Gasteiger partial charge is 0.272 e. The van der Waals surface area contributed by atoms with Crippen LogP contribution in [-0.4, -0.2) is 33.8 Å². The van der Waals surface area contributed by atoms with Crippen molar-refractivity contribution < 1.29 is 5.11 Å². The highest BCUT2D eigenvalue weighted by Gasteiger charge is 2.09. The number of benzene rings is 2. The van der Waals surface area contributed by atoms with Crippen LogP contribution < -0.4 is 5.56 Å². The molecule has 0 saturated heterocycles. The molecular weight excluding hydrogens is 338 g/mol. The minimum absolute atomic E-state index is 0.180. The van der Waals surface area contributed by atoms with Crippen LogP contribution >= 0.6 is 0 Å². The van der Waals surface area contributed by atoms with Crippen molar-refractivity contribution in [1.82, 2.24) is 15.1 Å².